The van der Waals surface area contributed by atoms with E-state index in [9.17, 15) is 9.90 Å². The van der Waals surface area contributed by atoms with E-state index in [0.29, 0.717) is 12.4 Å². The molecule has 0 bridgehead atoms. The Labute approximate surface area is 138 Å². The predicted octanol–water partition coefficient (Wildman–Crippen LogP) is 1.13. The van der Waals surface area contributed by atoms with E-state index in [1.165, 1.54) is 0 Å². The van der Waals surface area contributed by atoms with Gasteiger partial charge in [0.1, 0.15) is 11.9 Å². The number of nitrogen functional groups attached to an aromatic ring is 1. The fourth-order valence-corrected chi connectivity index (χ4v) is 3.82. The van der Waals surface area contributed by atoms with Gasteiger partial charge in [-0.25, -0.2) is 4.98 Å². The fraction of sp³-hybridized carbons (Fsp3) is 0.647. The van der Waals surface area contributed by atoms with Gasteiger partial charge in [-0.1, -0.05) is 0 Å². The van der Waals surface area contributed by atoms with Crippen LogP contribution < -0.4 is 10.8 Å². The van der Waals surface area contributed by atoms with Crippen LogP contribution in [-0.4, -0.2) is 51.7 Å². The van der Waals surface area contributed by atoms with E-state index in [2.05, 4.69) is 9.88 Å². The quantitative estimate of drug-likeness (QED) is 0.826. The molecule has 1 unspecified atom stereocenters. The van der Waals surface area contributed by atoms with Gasteiger partial charge in [-0.15, -0.1) is 0 Å². The number of hydrogen-bond acceptors (Lipinski definition) is 5. The summed E-state index contributed by atoms with van der Waals surface area (Å²) < 4.78 is 0.00245. The lowest BCUT2D eigenvalue weighted by Crippen LogP contribution is -2.76. The van der Waals surface area contributed by atoms with Gasteiger partial charge in [0.15, 0.2) is 0 Å². The number of anilines is 1. The summed E-state index contributed by atoms with van der Waals surface area (Å²) in [5.74, 6) is 0.527. The second-order valence-electron chi connectivity index (χ2n) is 7.65. The summed E-state index contributed by atoms with van der Waals surface area (Å²) in [5.41, 5.74) is 7.57. The summed E-state index contributed by atoms with van der Waals surface area (Å²) in [4.78, 5) is 18.4. The number of pyridine rings is 1. The Morgan fingerprint density at radius 3 is 2.65 bits per heavy atom. The number of piperazine rings is 1. The van der Waals surface area contributed by atoms with Crippen molar-refractivity contribution in [2.45, 2.75) is 52.7 Å². The Morgan fingerprint density at radius 2 is 2.17 bits per heavy atom. The number of aromatic nitrogens is 1. The van der Waals surface area contributed by atoms with E-state index in [0.717, 1.165) is 30.8 Å². The van der Waals surface area contributed by atoms with Crippen molar-refractivity contribution < 1.29 is 14.4 Å². The molecule has 0 radical (unpaired) electrons. The first kappa shape index (κ1) is 17.7. The van der Waals surface area contributed by atoms with Gasteiger partial charge in [0.25, 0.3) is 6.09 Å². The number of carbonyl (C=O) groups is 1. The van der Waals surface area contributed by atoms with Crippen LogP contribution in [0.15, 0.2) is 12.3 Å². The standard InChI is InChI=1S/C17H28N4O2/c1-12-8-15(18)19-9-14(12)11-20-6-7-21(16(22)23,13(2)10-20)17(3,4)5/h8-9,13H,6-7,10-11H2,1-5H3,(H2-,18,19,22,23)/t13-,21?/m0/s1. The maximum Gasteiger partial charge on any atom is 0.258 e. The van der Waals surface area contributed by atoms with Crippen molar-refractivity contribution in [1.29, 1.82) is 0 Å². The molecule has 2 atom stereocenters. The van der Waals surface area contributed by atoms with Crippen molar-refractivity contribution in [3.63, 3.8) is 0 Å². The third-order valence-electron chi connectivity index (χ3n) is 5.20. The average molecular weight is 320 g/mol. The van der Waals surface area contributed by atoms with Crippen LogP contribution in [0.2, 0.25) is 0 Å². The van der Waals surface area contributed by atoms with Crippen molar-refractivity contribution in [2.75, 3.05) is 25.4 Å². The number of hydrogen-bond donors (Lipinski definition) is 1. The number of carboxylic acid groups (broad SMARTS) is 1. The van der Waals surface area contributed by atoms with Gasteiger partial charge in [-0.3, -0.25) is 9.38 Å². The van der Waals surface area contributed by atoms with Gasteiger partial charge in [-0.2, -0.15) is 0 Å². The number of nitrogens with two attached hydrogens (primary N) is 1. The molecule has 1 aliphatic rings. The lowest BCUT2D eigenvalue weighted by atomic mass is 9.95. The predicted molar refractivity (Wildman–Crippen MR) is 88.4 cm³/mol. The van der Waals surface area contributed by atoms with Crippen molar-refractivity contribution in [2.24, 2.45) is 0 Å². The van der Waals surface area contributed by atoms with Crippen LogP contribution in [0.3, 0.4) is 0 Å². The summed E-state index contributed by atoms with van der Waals surface area (Å²) in [6.45, 7) is 12.7. The third-order valence-corrected chi connectivity index (χ3v) is 5.20. The van der Waals surface area contributed by atoms with E-state index in [1.54, 1.807) is 0 Å². The molecular formula is C17H28N4O2. The van der Waals surface area contributed by atoms with Crippen LogP contribution in [0.1, 0.15) is 38.8 Å². The molecule has 1 aromatic rings. The van der Waals surface area contributed by atoms with Crippen molar-refractivity contribution in [3.05, 3.63) is 23.4 Å². The Bertz CT molecular complexity index is 597. The summed E-state index contributed by atoms with van der Waals surface area (Å²) >= 11 is 0. The highest BCUT2D eigenvalue weighted by atomic mass is 16.4. The first-order valence-corrected chi connectivity index (χ1v) is 8.10. The molecule has 1 amide bonds. The molecule has 1 saturated heterocycles. The number of amides is 1. The molecule has 6 heteroatoms. The zero-order valence-electron chi connectivity index (χ0n) is 14.8. The number of rotatable bonds is 2. The maximum atomic E-state index is 11.9. The molecule has 2 N–H and O–H groups in total. The minimum atomic E-state index is -0.977. The van der Waals surface area contributed by atoms with Crippen molar-refractivity contribution in [1.82, 2.24) is 9.88 Å². The zero-order valence-corrected chi connectivity index (χ0v) is 14.8. The molecule has 2 heterocycles. The Kier molecular flexibility index (Phi) is 4.69. The molecule has 2 rings (SSSR count). The summed E-state index contributed by atoms with van der Waals surface area (Å²) in [6.07, 6.45) is 0.837. The van der Waals surface area contributed by atoms with Crippen LogP contribution in [0.5, 0.6) is 0 Å². The molecule has 1 aliphatic heterocycles. The number of quaternary nitrogens is 1. The first-order valence-electron chi connectivity index (χ1n) is 8.10. The van der Waals surface area contributed by atoms with Crippen LogP contribution in [0, 0.1) is 6.92 Å². The average Bonchev–Trinajstić information content (AvgIpc) is 2.40. The largest absolute Gasteiger partial charge is 0.498 e. The minimum Gasteiger partial charge on any atom is -0.498 e. The minimum absolute atomic E-state index is 0.00245. The summed E-state index contributed by atoms with van der Waals surface area (Å²) in [7, 11) is 0. The van der Waals surface area contributed by atoms with Crippen LogP contribution in [0.4, 0.5) is 10.6 Å². The van der Waals surface area contributed by atoms with E-state index >= 15 is 0 Å². The molecule has 128 valence electrons. The zero-order chi connectivity index (χ0) is 17.4. The molecular weight excluding hydrogens is 292 g/mol. The molecule has 0 spiro atoms. The Balaban J connectivity index is 2.16. The van der Waals surface area contributed by atoms with Crippen LogP contribution in [0.25, 0.3) is 0 Å². The second-order valence-corrected chi connectivity index (χ2v) is 7.65. The molecule has 1 aromatic heterocycles. The Morgan fingerprint density at radius 1 is 1.52 bits per heavy atom. The van der Waals surface area contributed by atoms with Crippen molar-refractivity contribution in [3.8, 4) is 0 Å². The number of nitrogens with zero attached hydrogens (tertiary/aromatic N) is 3. The van der Waals surface area contributed by atoms with Crippen molar-refractivity contribution >= 4 is 11.9 Å². The highest BCUT2D eigenvalue weighted by Crippen LogP contribution is 2.32. The number of aryl methyl sites for hydroxylation is 1. The van der Waals surface area contributed by atoms with Crippen LogP contribution >= 0.6 is 0 Å². The van der Waals surface area contributed by atoms with E-state index in [4.69, 9.17) is 5.73 Å². The van der Waals surface area contributed by atoms with Crippen LogP contribution in [-0.2, 0) is 6.54 Å². The molecule has 1 fully saturated rings. The molecule has 0 aromatic carbocycles. The van der Waals surface area contributed by atoms with Gasteiger partial charge in [0, 0.05) is 19.3 Å². The lowest BCUT2D eigenvalue weighted by Gasteiger charge is -2.55. The van der Waals surface area contributed by atoms with Gasteiger partial charge >= 0.3 is 0 Å². The van der Waals surface area contributed by atoms with Gasteiger partial charge in [0.2, 0.25) is 0 Å². The van der Waals surface area contributed by atoms with E-state index < -0.39 is 6.09 Å². The normalized spacial score (nSPS) is 26.2. The summed E-state index contributed by atoms with van der Waals surface area (Å²) in [5, 5.41) is 11.9. The van der Waals surface area contributed by atoms with Gasteiger partial charge in [-0.05, 0) is 51.8 Å². The highest BCUT2D eigenvalue weighted by Gasteiger charge is 2.49. The maximum absolute atomic E-state index is 11.9. The smallest absolute Gasteiger partial charge is 0.258 e. The number of carbonyl (C=O) groups excluding carboxylic acids is 1. The third kappa shape index (κ3) is 3.19. The SMILES string of the molecule is Cc1cc(N)ncc1CN1CC[N+](C(=O)[O-])(C(C)(C)C)[C@@H](C)C1. The molecule has 0 aliphatic carbocycles. The highest BCUT2D eigenvalue weighted by molar-refractivity contribution is 5.55. The topological polar surface area (TPSA) is 82.3 Å². The first-order chi connectivity index (χ1) is 10.6. The van der Waals surface area contributed by atoms with E-state index in [-0.39, 0.29) is 16.1 Å². The fourth-order valence-electron chi connectivity index (χ4n) is 3.82. The molecule has 6 nitrogen and oxygen atoms in total. The van der Waals surface area contributed by atoms with E-state index in [1.807, 2.05) is 46.9 Å². The Hall–Kier alpha value is -1.66. The second kappa shape index (κ2) is 6.09. The summed E-state index contributed by atoms with van der Waals surface area (Å²) in [6, 6.07) is 1.84. The van der Waals surface area contributed by atoms with Gasteiger partial charge < -0.3 is 15.6 Å². The molecule has 23 heavy (non-hydrogen) atoms. The monoisotopic (exact) mass is 320 g/mol. The molecule has 0 saturated carbocycles. The lowest BCUT2D eigenvalue weighted by molar-refractivity contribution is -0.943. The van der Waals surface area contributed by atoms with Gasteiger partial charge in [0.05, 0.1) is 18.6 Å².